The summed E-state index contributed by atoms with van der Waals surface area (Å²) in [5.74, 6) is 0.760. The Bertz CT molecular complexity index is 210. The maximum atomic E-state index is 8.66. The van der Waals surface area contributed by atoms with Gasteiger partial charge in [0.2, 0.25) is 0 Å². The number of hydrogen-bond donors (Lipinski definition) is 2. The van der Waals surface area contributed by atoms with E-state index >= 15 is 0 Å². The third-order valence-corrected chi connectivity index (χ3v) is 1.29. The normalized spacial score (nSPS) is 10.4. The first-order chi connectivity index (χ1) is 5.36. The second kappa shape index (κ2) is 4.10. The van der Waals surface area contributed by atoms with Gasteiger partial charge in [-0.15, -0.1) is 0 Å². The summed E-state index contributed by atoms with van der Waals surface area (Å²) in [7, 11) is 0. The Morgan fingerprint density at radius 1 is 1.73 bits per heavy atom. The van der Waals surface area contributed by atoms with Crippen LogP contribution in [0.25, 0.3) is 0 Å². The second-order valence-electron chi connectivity index (χ2n) is 2.15. The van der Waals surface area contributed by atoms with E-state index in [0.717, 1.165) is 11.5 Å². The number of ether oxygens (including phenoxy) is 1. The number of nitrogens with one attached hydrogen (secondary N) is 1. The monoisotopic (exact) mass is 156 g/mol. The Morgan fingerprint density at radius 3 is 3.09 bits per heavy atom. The van der Waals surface area contributed by atoms with Crippen LogP contribution in [-0.4, -0.2) is 21.7 Å². The molecule has 0 bridgehead atoms. The lowest BCUT2D eigenvalue weighted by molar-refractivity contribution is 0.128. The molecule has 1 aromatic heterocycles. The van der Waals surface area contributed by atoms with Crippen LogP contribution < -0.4 is 0 Å². The molecule has 4 nitrogen and oxygen atoms in total. The Hall–Kier alpha value is -0.870. The predicted molar refractivity (Wildman–Crippen MR) is 39.8 cm³/mol. The van der Waals surface area contributed by atoms with E-state index in [1.54, 1.807) is 6.20 Å². The summed E-state index contributed by atoms with van der Waals surface area (Å²) in [6, 6.07) is 0. The summed E-state index contributed by atoms with van der Waals surface area (Å²) < 4.78 is 5.10. The summed E-state index contributed by atoms with van der Waals surface area (Å²) in [6.07, 6.45) is 1.61. The zero-order valence-electron chi connectivity index (χ0n) is 6.50. The lowest BCUT2D eigenvalue weighted by atomic mass is 10.5. The van der Waals surface area contributed by atoms with Gasteiger partial charge in [-0.25, -0.2) is 4.98 Å². The lowest BCUT2D eigenvalue weighted by Crippen LogP contribution is -1.94. The minimum absolute atomic E-state index is 0.000868. The molecule has 0 unspecified atom stereocenters. The van der Waals surface area contributed by atoms with Crippen LogP contribution in [0.5, 0.6) is 0 Å². The van der Waals surface area contributed by atoms with Crippen molar-refractivity contribution >= 4 is 0 Å². The first-order valence-electron chi connectivity index (χ1n) is 3.58. The van der Waals surface area contributed by atoms with Crippen molar-refractivity contribution in [1.82, 2.24) is 9.97 Å². The zero-order valence-corrected chi connectivity index (χ0v) is 6.50. The molecule has 62 valence electrons. The van der Waals surface area contributed by atoms with Gasteiger partial charge in [-0.3, -0.25) is 0 Å². The van der Waals surface area contributed by atoms with E-state index in [9.17, 15) is 0 Å². The third kappa shape index (κ3) is 2.32. The molecular formula is C7H12N2O2. The number of aliphatic hydroxyl groups excluding tert-OH is 1. The fourth-order valence-electron chi connectivity index (χ4n) is 0.758. The number of rotatable bonds is 4. The standard InChI is InChI=1S/C7H12N2O2/c1-2-11-5-7-8-3-6(4-10)9-7/h3,10H,2,4-5H2,1H3,(H,8,9). The molecule has 1 aromatic rings. The molecule has 0 radical (unpaired) electrons. The molecule has 0 amide bonds. The van der Waals surface area contributed by atoms with Gasteiger partial charge in [0.25, 0.3) is 0 Å². The molecule has 1 heterocycles. The maximum Gasteiger partial charge on any atom is 0.132 e. The fraction of sp³-hybridized carbons (Fsp3) is 0.571. The van der Waals surface area contributed by atoms with Gasteiger partial charge in [0.1, 0.15) is 12.4 Å². The summed E-state index contributed by atoms with van der Waals surface area (Å²) in [5, 5.41) is 8.66. The summed E-state index contributed by atoms with van der Waals surface area (Å²) in [6.45, 7) is 3.08. The van der Waals surface area contributed by atoms with E-state index < -0.39 is 0 Å². The molecule has 0 saturated heterocycles. The minimum atomic E-state index is -0.000868. The Labute approximate surface area is 65.2 Å². The molecular weight excluding hydrogens is 144 g/mol. The van der Waals surface area contributed by atoms with Crippen LogP contribution in [0.2, 0.25) is 0 Å². The zero-order chi connectivity index (χ0) is 8.10. The van der Waals surface area contributed by atoms with E-state index in [1.165, 1.54) is 0 Å². The van der Waals surface area contributed by atoms with Crippen LogP contribution in [0.1, 0.15) is 18.4 Å². The maximum absolute atomic E-state index is 8.66. The van der Waals surface area contributed by atoms with Gasteiger partial charge in [-0.2, -0.15) is 0 Å². The molecule has 0 aliphatic carbocycles. The molecule has 0 aromatic carbocycles. The van der Waals surface area contributed by atoms with Crippen LogP contribution in [0.15, 0.2) is 6.20 Å². The van der Waals surface area contributed by atoms with Gasteiger partial charge in [-0.05, 0) is 6.92 Å². The highest BCUT2D eigenvalue weighted by Crippen LogP contribution is 1.97. The topological polar surface area (TPSA) is 58.1 Å². The van der Waals surface area contributed by atoms with Crippen molar-refractivity contribution < 1.29 is 9.84 Å². The van der Waals surface area contributed by atoms with Crippen LogP contribution >= 0.6 is 0 Å². The van der Waals surface area contributed by atoms with E-state index in [2.05, 4.69) is 9.97 Å². The molecule has 4 heteroatoms. The average molecular weight is 156 g/mol. The largest absolute Gasteiger partial charge is 0.390 e. The first-order valence-corrected chi connectivity index (χ1v) is 3.58. The van der Waals surface area contributed by atoms with Crippen molar-refractivity contribution in [3.63, 3.8) is 0 Å². The molecule has 2 N–H and O–H groups in total. The number of aliphatic hydroxyl groups is 1. The van der Waals surface area contributed by atoms with E-state index in [4.69, 9.17) is 9.84 Å². The van der Waals surface area contributed by atoms with Crippen molar-refractivity contribution in [3.05, 3.63) is 17.7 Å². The highest BCUT2D eigenvalue weighted by Gasteiger charge is 1.97. The number of nitrogens with zero attached hydrogens (tertiary/aromatic N) is 1. The first kappa shape index (κ1) is 8.23. The van der Waals surface area contributed by atoms with Crippen LogP contribution in [0.4, 0.5) is 0 Å². The SMILES string of the molecule is CCOCc1ncc(CO)[nH]1. The second-order valence-corrected chi connectivity index (χ2v) is 2.15. The number of hydrogen-bond acceptors (Lipinski definition) is 3. The predicted octanol–water partition coefficient (Wildman–Crippen LogP) is 0.439. The van der Waals surface area contributed by atoms with Crippen LogP contribution in [-0.2, 0) is 18.0 Å². The summed E-state index contributed by atoms with van der Waals surface area (Å²) >= 11 is 0. The van der Waals surface area contributed by atoms with E-state index in [1.807, 2.05) is 6.92 Å². The highest BCUT2D eigenvalue weighted by molar-refractivity contribution is 4.98. The van der Waals surface area contributed by atoms with Crippen molar-refractivity contribution in [1.29, 1.82) is 0 Å². The van der Waals surface area contributed by atoms with Gasteiger partial charge in [0.15, 0.2) is 0 Å². The Morgan fingerprint density at radius 2 is 2.55 bits per heavy atom. The van der Waals surface area contributed by atoms with Crippen molar-refractivity contribution in [2.75, 3.05) is 6.61 Å². The molecule has 0 spiro atoms. The highest BCUT2D eigenvalue weighted by atomic mass is 16.5. The third-order valence-electron chi connectivity index (χ3n) is 1.29. The molecule has 0 saturated carbocycles. The van der Waals surface area contributed by atoms with Crippen molar-refractivity contribution in [3.8, 4) is 0 Å². The Balaban J connectivity index is 2.44. The summed E-state index contributed by atoms with van der Waals surface area (Å²) in [5.41, 5.74) is 0.722. The minimum Gasteiger partial charge on any atom is -0.390 e. The van der Waals surface area contributed by atoms with Gasteiger partial charge in [0.05, 0.1) is 18.5 Å². The molecule has 0 aliphatic heterocycles. The van der Waals surface area contributed by atoms with Gasteiger partial charge in [-0.1, -0.05) is 0 Å². The summed E-state index contributed by atoms with van der Waals surface area (Å²) in [4.78, 5) is 6.90. The lowest BCUT2D eigenvalue weighted by Gasteiger charge is -1.95. The van der Waals surface area contributed by atoms with Crippen LogP contribution in [0.3, 0.4) is 0 Å². The smallest absolute Gasteiger partial charge is 0.132 e. The van der Waals surface area contributed by atoms with Crippen molar-refractivity contribution in [2.24, 2.45) is 0 Å². The Kier molecular flexibility index (Phi) is 3.07. The fourth-order valence-corrected chi connectivity index (χ4v) is 0.758. The average Bonchev–Trinajstić information content (AvgIpc) is 2.48. The van der Waals surface area contributed by atoms with E-state index in [0.29, 0.717) is 13.2 Å². The van der Waals surface area contributed by atoms with E-state index in [-0.39, 0.29) is 6.61 Å². The van der Waals surface area contributed by atoms with Crippen LogP contribution in [0, 0.1) is 0 Å². The quantitative estimate of drug-likeness (QED) is 0.665. The van der Waals surface area contributed by atoms with Gasteiger partial charge < -0.3 is 14.8 Å². The van der Waals surface area contributed by atoms with Gasteiger partial charge >= 0.3 is 0 Å². The van der Waals surface area contributed by atoms with Gasteiger partial charge in [0, 0.05) is 6.61 Å². The molecule has 0 atom stereocenters. The molecule has 1 rings (SSSR count). The molecule has 0 aliphatic rings. The van der Waals surface area contributed by atoms with Crippen molar-refractivity contribution in [2.45, 2.75) is 20.1 Å². The number of aromatic nitrogens is 2. The number of H-pyrrole nitrogens is 1. The molecule has 11 heavy (non-hydrogen) atoms. The number of aromatic amines is 1. The number of imidazole rings is 1. The molecule has 0 fully saturated rings.